The van der Waals surface area contributed by atoms with Crippen molar-refractivity contribution in [1.29, 1.82) is 0 Å². The van der Waals surface area contributed by atoms with Gasteiger partial charge in [-0.1, -0.05) is 15.9 Å². The summed E-state index contributed by atoms with van der Waals surface area (Å²) in [4.78, 5) is 12.4. The number of nitrogens with one attached hydrogen (secondary N) is 1. The van der Waals surface area contributed by atoms with Crippen LogP contribution in [0, 0.1) is 0 Å². The van der Waals surface area contributed by atoms with Gasteiger partial charge in [-0.3, -0.25) is 9.10 Å². The lowest BCUT2D eigenvalue weighted by molar-refractivity contribution is -0.119. The van der Waals surface area contributed by atoms with E-state index in [9.17, 15) is 21.6 Å². The molecule has 0 aliphatic heterocycles. The highest BCUT2D eigenvalue weighted by Gasteiger charge is 2.20. The van der Waals surface area contributed by atoms with Gasteiger partial charge in [-0.2, -0.15) is 0 Å². The monoisotopic (exact) mass is 533 g/mol. The number of anilines is 1. The second-order valence-corrected chi connectivity index (χ2v) is 11.7. The molecule has 0 aliphatic carbocycles. The minimum atomic E-state index is -3.65. The van der Waals surface area contributed by atoms with Crippen molar-refractivity contribution in [3.63, 3.8) is 0 Å². The predicted octanol–water partition coefficient (Wildman–Crippen LogP) is 1.66. The number of amides is 1. The number of sulfonamides is 2. The first kappa shape index (κ1) is 25.1. The molecule has 2 aromatic rings. The van der Waals surface area contributed by atoms with Crippen LogP contribution in [0.25, 0.3) is 0 Å². The van der Waals surface area contributed by atoms with Gasteiger partial charge in [-0.25, -0.2) is 21.1 Å². The number of benzene rings is 2. The molecular weight excluding hydrogens is 510 g/mol. The summed E-state index contributed by atoms with van der Waals surface area (Å²) in [5, 5.41) is 2.61. The van der Waals surface area contributed by atoms with Crippen molar-refractivity contribution in [2.24, 2.45) is 0 Å². The van der Waals surface area contributed by atoms with Gasteiger partial charge >= 0.3 is 0 Å². The van der Waals surface area contributed by atoms with Crippen LogP contribution < -0.4 is 14.4 Å². The molecule has 0 unspecified atom stereocenters. The second-order valence-electron chi connectivity index (χ2n) is 6.70. The summed E-state index contributed by atoms with van der Waals surface area (Å²) in [7, 11) is -4.27. The average Bonchev–Trinajstić information content (AvgIpc) is 2.69. The van der Waals surface area contributed by atoms with Crippen molar-refractivity contribution < 1.29 is 26.4 Å². The van der Waals surface area contributed by atoms with Crippen molar-refractivity contribution in [3.05, 3.63) is 53.0 Å². The van der Waals surface area contributed by atoms with E-state index in [0.29, 0.717) is 11.4 Å². The summed E-state index contributed by atoms with van der Waals surface area (Å²) in [5.74, 6) is -0.0380. The summed E-state index contributed by atoms with van der Waals surface area (Å²) in [6, 6.07) is 12.5. The van der Waals surface area contributed by atoms with E-state index in [1.807, 2.05) is 0 Å². The minimum absolute atomic E-state index is 0.128. The van der Waals surface area contributed by atoms with Crippen molar-refractivity contribution in [2.45, 2.75) is 4.90 Å². The van der Waals surface area contributed by atoms with E-state index in [0.717, 1.165) is 19.3 Å². The van der Waals surface area contributed by atoms with E-state index in [1.54, 1.807) is 24.3 Å². The first-order valence-electron chi connectivity index (χ1n) is 9.06. The molecule has 0 radical (unpaired) electrons. The fourth-order valence-corrected chi connectivity index (χ4v) is 4.49. The Morgan fingerprint density at radius 3 is 2.10 bits per heavy atom. The SMILES string of the molecule is CN(C)S(=O)(=O)c1ccc(OCCNC(=O)CN(c2ccc(Br)cc2)S(C)(=O)=O)cc1. The van der Waals surface area contributed by atoms with Gasteiger partial charge in [0, 0.05) is 18.6 Å². The summed E-state index contributed by atoms with van der Waals surface area (Å²) in [6.45, 7) is -0.0885. The van der Waals surface area contributed by atoms with Crippen LogP contribution in [0.1, 0.15) is 0 Å². The first-order valence-corrected chi connectivity index (χ1v) is 13.1. The Hall–Kier alpha value is -2.15. The van der Waals surface area contributed by atoms with Gasteiger partial charge in [-0.15, -0.1) is 0 Å². The summed E-state index contributed by atoms with van der Waals surface area (Å²) in [6.07, 6.45) is 1.03. The van der Waals surface area contributed by atoms with Crippen LogP contribution in [0.5, 0.6) is 5.75 Å². The van der Waals surface area contributed by atoms with Gasteiger partial charge < -0.3 is 10.1 Å². The van der Waals surface area contributed by atoms with Gasteiger partial charge in [0.15, 0.2) is 0 Å². The number of hydrogen-bond acceptors (Lipinski definition) is 6. The fourth-order valence-electron chi connectivity index (χ4n) is 2.47. The van der Waals surface area contributed by atoms with Gasteiger partial charge in [-0.05, 0) is 48.5 Å². The fraction of sp³-hybridized carbons (Fsp3) is 0.316. The molecule has 0 aliphatic rings. The number of halogens is 1. The standard InChI is InChI=1S/C19H24BrN3O6S2/c1-22(2)31(27,28)18-10-8-17(9-11-18)29-13-12-21-19(24)14-23(30(3,25)26)16-6-4-15(20)5-7-16/h4-11H,12-14H2,1-3H3,(H,21,24). The van der Waals surface area contributed by atoms with Crippen LogP contribution in [0.15, 0.2) is 57.9 Å². The third kappa shape index (κ3) is 7.20. The average molecular weight is 534 g/mol. The molecule has 170 valence electrons. The molecule has 0 saturated carbocycles. The zero-order valence-corrected chi connectivity index (χ0v) is 20.5. The highest BCUT2D eigenvalue weighted by Crippen LogP contribution is 2.20. The van der Waals surface area contributed by atoms with E-state index in [4.69, 9.17) is 4.74 Å². The number of carbonyl (C=O) groups is 1. The van der Waals surface area contributed by atoms with Crippen LogP contribution in [0.3, 0.4) is 0 Å². The lowest BCUT2D eigenvalue weighted by Gasteiger charge is -2.22. The van der Waals surface area contributed by atoms with Crippen LogP contribution in [0.4, 0.5) is 5.69 Å². The molecule has 0 saturated heterocycles. The van der Waals surface area contributed by atoms with Gasteiger partial charge in [0.25, 0.3) is 0 Å². The van der Waals surface area contributed by atoms with Crippen molar-refractivity contribution >= 4 is 47.6 Å². The summed E-state index contributed by atoms with van der Waals surface area (Å²) in [5.41, 5.74) is 0.380. The van der Waals surface area contributed by atoms with E-state index >= 15 is 0 Å². The Kier molecular flexibility index (Phi) is 8.46. The van der Waals surface area contributed by atoms with Crippen LogP contribution in [-0.4, -0.2) is 67.1 Å². The Morgan fingerprint density at radius 1 is 1.00 bits per heavy atom. The molecule has 1 N–H and O–H groups in total. The molecule has 0 heterocycles. The molecular formula is C19H24BrN3O6S2. The van der Waals surface area contributed by atoms with Crippen LogP contribution in [-0.2, 0) is 24.8 Å². The number of carbonyl (C=O) groups excluding carboxylic acids is 1. The Bertz CT molecular complexity index is 1100. The molecule has 2 rings (SSSR count). The van der Waals surface area contributed by atoms with Crippen LogP contribution >= 0.6 is 15.9 Å². The lowest BCUT2D eigenvalue weighted by atomic mass is 10.3. The third-order valence-corrected chi connectivity index (χ3v) is 7.60. The first-order chi connectivity index (χ1) is 14.4. The largest absolute Gasteiger partial charge is 0.492 e. The normalized spacial score (nSPS) is 11.9. The Balaban J connectivity index is 1.88. The molecule has 0 bridgehead atoms. The summed E-state index contributed by atoms with van der Waals surface area (Å²) < 4.78 is 56.6. The maximum Gasteiger partial charge on any atom is 0.242 e. The lowest BCUT2D eigenvalue weighted by Crippen LogP contribution is -2.41. The maximum absolute atomic E-state index is 12.2. The second kappa shape index (κ2) is 10.4. The maximum atomic E-state index is 12.2. The molecule has 0 fully saturated rings. The molecule has 0 atom stereocenters. The molecule has 1 amide bonds. The molecule has 12 heteroatoms. The van der Waals surface area contributed by atoms with Crippen LogP contribution in [0.2, 0.25) is 0 Å². The minimum Gasteiger partial charge on any atom is -0.492 e. The number of hydrogen-bond donors (Lipinski definition) is 1. The van der Waals surface area contributed by atoms with Gasteiger partial charge in [0.2, 0.25) is 26.0 Å². The number of rotatable bonds is 10. The molecule has 9 nitrogen and oxygen atoms in total. The molecule has 31 heavy (non-hydrogen) atoms. The smallest absolute Gasteiger partial charge is 0.242 e. The molecule has 0 aromatic heterocycles. The Labute approximate surface area is 191 Å². The van der Waals surface area contributed by atoms with E-state index in [1.165, 1.54) is 38.4 Å². The van der Waals surface area contributed by atoms with E-state index in [2.05, 4.69) is 21.2 Å². The van der Waals surface area contributed by atoms with E-state index < -0.39 is 26.0 Å². The van der Waals surface area contributed by atoms with Crippen molar-refractivity contribution in [2.75, 3.05) is 44.4 Å². The van der Waals surface area contributed by atoms with Crippen molar-refractivity contribution in [1.82, 2.24) is 9.62 Å². The molecule has 2 aromatic carbocycles. The predicted molar refractivity (Wildman–Crippen MR) is 122 cm³/mol. The van der Waals surface area contributed by atoms with E-state index in [-0.39, 0.29) is 24.6 Å². The number of nitrogens with zero attached hydrogens (tertiary/aromatic N) is 2. The zero-order chi connectivity index (χ0) is 23.2. The van der Waals surface area contributed by atoms with Crippen molar-refractivity contribution in [3.8, 4) is 5.75 Å². The highest BCUT2D eigenvalue weighted by atomic mass is 79.9. The van der Waals surface area contributed by atoms with Gasteiger partial charge in [0.1, 0.15) is 18.9 Å². The quantitative estimate of drug-likeness (QED) is 0.464. The summed E-state index contributed by atoms with van der Waals surface area (Å²) >= 11 is 3.28. The highest BCUT2D eigenvalue weighted by molar-refractivity contribution is 9.10. The third-order valence-electron chi connectivity index (χ3n) is 4.10. The van der Waals surface area contributed by atoms with Gasteiger partial charge in [0.05, 0.1) is 23.4 Å². The number of ether oxygens (including phenoxy) is 1. The topological polar surface area (TPSA) is 113 Å². The molecule has 0 spiro atoms. The Morgan fingerprint density at radius 2 is 1.58 bits per heavy atom. The zero-order valence-electron chi connectivity index (χ0n) is 17.3.